The fourth-order valence-corrected chi connectivity index (χ4v) is 3.20. The lowest BCUT2D eigenvalue weighted by Gasteiger charge is -2.26. The van der Waals surface area contributed by atoms with E-state index in [1.807, 2.05) is 6.07 Å². The highest BCUT2D eigenvalue weighted by Crippen LogP contribution is 2.43. The Morgan fingerprint density at radius 1 is 1.15 bits per heavy atom. The quantitative estimate of drug-likeness (QED) is 0.716. The fourth-order valence-electron chi connectivity index (χ4n) is 3.20. The first-order valence-electron chi connectivity index (χ1n) is 7.91. The first-order chi connectivity index (χ1) is 12.6. The van der Waals surface area contributed by atoms with Crippen LogP contribution in [0.3, 0.4) is 0 Å². The molecular weight excluding hydrogens is 332 g/mol. The summed E-state index contributed by atoms with van der Waals surface area (Å²) in [6, 6.07) is 16.2. The molecule has 1 aliphatic rings. The van der Waals surface area contributed by atoms with Crippen LogP contribution in [0, 0.1) is 11.3 Å². The van der Waals surface area contributed by atoms with Gasteiger partial charge in [0.15, 0.2) is 5.75 Å². The fraction of sp³-hybridized carbons (Fsp3) is 0.100. The molecule has 2 heterocycles. The summed E-state index contributed by atoms with van der Waals surface area (Å²) in [5.74, 6) is 0.309. The van der Waals surface area contributed by atoms with Gasteiger partial charge in [0.1, 0.15) is 23.0 Å². The first kappa shape index (κ1) is 15.8. The van der Waals surface area contributed by atoms with Gasteiger partial charge in [0.25, 0.3) is 0 Å². The Balaban J connectivity index is 2.03. The van der Waals surface area contributed by atoms with Gasteiger partial charge in [-0.1, -0.05) is 24.3 Å². The van der Waals surface area contributed by atoms with Crippen molar-refractivity contribution < 1.29 is 13.9 Å². The summed E-state index contributed by atoms with van der Waals surface area (Å²) < 4.78 is 16.3. The molecule has 26 heavy (non-hydrogen) atoms. The van der Waals surface area contributed by atoms with Gasteiger partial charge < -0.3 is 19.6 Å². The number of nitrogens with zero attached hydrogens (tertiary/aromatic N) is 1. The second-order valence-corrected chi connectivity index (χ2v) is 5.83. The average Bonchev–Trinajstić information content (AvgIpc) is 2.67. The molecule has 0 saturated heterocycles. The molecule has 1 aromatic heterocycles. The standard InChI is InChI=1S/C20H14N2O4/c1-24-12-8-6-11(7-9-12)16-14(10-21)19(22)26-18-13-4-2-3-5-15(13)25-20(23)17(16)18/h2-9,16H,22H2,1H3. The van der Waals surface area contributed by atoms with E-state index in [0.29, 0.717) is 22.5 Å². The molecule has 2 aromatic carbocycles. The second-order valence-electron chi connectivity index (χ2n) is 5.83. The van der Waals surface area contributed by atoms with Crippen LogP contribution in [0.5, 0.6) is 11.5 Å². The zero-order valence-electron chi connectivity index (χ0n) is 13.9. The number of allylic oxidation sites excluding steroid dienone is 1. The van der Waals surface area contributed by atoms with Crippen LogP contribution >= 0.6 is 0 Å². The Morgan fingerprint density at radius 2 is 1.88 bits per heavy atom. The van der Waals surface area contributed by atoms with E-state index in [0.717, 1.165) is 5.56 Å². The molecule has 6 heteroatoms. The first-order valence-corrected chi connectivity index (χ1v) is 7.91. The Labute approximate surface area is 148 Å². The number of para-hydroxylation sites is 1. The van der Waals surface area contributed by atoms with Crippen molar-refractivity contribution in [1.82, 2.24) is 0 Å². The highest BCUT2D eigenvalue weighted by Gasteiger charge is 2.35. The number of hydrogen-bond acceptors (Lipinski definition) is 6. The number of ether oxygens (including phenoxy) is 2. The van der Waals surface area contributed by atoms with Crippen LogP contribution in [0.15, 0.2) is 69.2 Å². The lowest BCUT2D eigenvalue weighted by atomic mass is 9.84. The van der Waals surface area contributed by atoms with Crippen LogP contribution < -0.4 is 20.8 Å². The van der Waals surface area contributed by atoms with Crippen molar-refractivity contribution in [3.63, 3.8) is 0 Å². The van der Waals surface area contributed by atoms with Gasteiger partial charge in [0.05, 0.1) is 24.0 Å². The summed E-state index contributed by atoms with van der Waals surface area (Å²) in [5, 5.41) is 10.2. The molecule has 0 saturated carbocycles. The SMILES string of the molecule is COc1ccc(C2C(C#N)=C(N)Oc3c2c(=O)oc2ccccc32)cc1. The Hall–Kier alpha value is -3.72. The van der Waals surface area contributed by atoms with Crippen LogP contribution in [0.2, 0.25) is 0 Å². The number of nitrogens with two attached hydrogens (primary N) is 1. The second kappa shape index (κ2) is 5.97. The predicted molar refractivity (Wildman–Crippen MR) is 94.8 cm³/mol. The molecule has 0 amide bonds. The molecule has 0 spiro atoms. The Morgan fingerprint density at radius 3 is 2.58 bits per heavy atom. The minimum Gasteiger partial charge on any atom is -0.497 e. The van der Waals surface area contributed by atoms with Gasteiger partial charge in [0.2, 0.25) is 5.88 Å². The Kier molecular flexibility index (Phi) is 3.63. The smallest absolute Gasteiger partial charge is 0.344 e. The van der Waals surface area contributed by atoms with Gasteiger partial charge in [-0.25, -0.2) is 4.79 Å². The molecule has 3 aromatic rings. The number of hydrogen-bond donors (Lipinski definition) is 1. The summed E-state index contributed by atoms with van der Waals surface area (Å²) in [6.07, 6.45) is 0. The largest absolute Gasteiger partial charge is 0.497 e. The van der Waals surface area contributed by atoms with E-state index in [2.05, 4.69) is 6.07 Å². The van der Waals surface area contributed by atoms with Crippen molar-refractivity contribution in [2.75, 3.05) is 7.11 Å². The number of rotatable bonds is 2. The van der Waals surface area contributed by atoms with Gasteiger partial charge in [-0.15, -0.1) is 0 Å². The highest BCUT2D eigenvalue weighted by molar-refractivity contribution is 5.86. The molecule has 0 bridgehead atoms. The van der Waals surface area contributed by atoms with Crippen molar-refractivity contribution in [2.24, 2.45) is 5.73 Å². The van der Waals surface area contributed by atoms with E-state index in [-0.39, 0.29) is 17.0 Å². The third kappa shape index (κ3) is 2.30. The lowest BCUT2D eigenvalue weighted by Crippen LogP contribution is -2.26. The van der Waals surface area contributed by atoms with Crippen LogP contribution in [-0.4, -0.2) is 7.11 Å². The summed E-state index contributed by atoms with van der Waals surface area (Å²) >= 11 is 0. The van der Waals surface area contributed by atoms with Crippen LogP contribution in [0.1, 0.15) is 17.0 Å². The topological polar surface area (TPSA) is 98.5 Å². The molecule has 0 radical (unpaired) electrons. The van der Waals surface area contributed by atoms with Gasteiger partial charge in [-0.2, -0.15) is 5.26 Å². The highest BCUT2D eigenvalue weighted by atomic mass is 16.5. The zero-order chi connectivity index (χ0) is 18.3. The summed E-state index contributed by atoms with van der Waals surface area (Å²) in [7, 11) is 1.57. The third-order valence-corrected chi connectivity index (χ3v) is 4.42. The van der Waals surface area contributed by atoms with Gasteiger partial charge in [-0.3, -0.25) is 0 Å². The van der Waals surface area contributed by atoms with Crippen molar-refractivity contribution in [2.45, 2.75) is 5.92 Å². The normalized spacial score (nSPS) is 15.9. The minimum atomic E-state index is -0.671. The van der Waals surface area contributed by atoms with Crippen molar-refractivity contribution in [1.29, 1.82) is 5.26 Å². The molecule has 6 nitrogen and oxygen atoms in total. The molecule has 0 fully saturated rings. The number of nitriles is 1. The van der Waals surface area contributed by atoms with E-state index < -0.39 is 11.5 Å². The van der Waals surface area contributed by atoms with Crippen LogP contribution in [0.25, 0.3) is 11.0 Å². The number of fused-ring (bicyclic) bond motifs is 3. The van der Waals surface area contributed by atoms with E-state index in [9.17, 15) is 10.1 Å². The maximum Gasteiger partial charge on any atom is 0.344 e. The number of methoxy groups -OCH3 is 1. The summed E-state index contributed by atoms with van der Waals surface area (Å²) in [5.41, 5.74) is 7.01. The van der Waals surface area contributed by atoms with Gasteiger partial charge in [0, 0.05) is 0 Å². The maximum atomic E-state index is 12.7. The van der Waals surface area contributed by atoms with Crippen molar-refractivity contribution in [3.05, 3.63) is 81.5 Å². The van der Waals surface area contributed by atoms with E-state index >= 15 is 0 Å². The molecule has 4 rings (SSSR count). The Bertz CT molecular complexity index is 1140. The molecule has 1 unspecified atom stereocenters. The van der Waals surface area contributed by atoms with E-state index in [4.69, 9.17) is 19.6 Å². The minimum absolute atomic E-state index is 0.0171. The van der Waals surface area contributed by atoms with Crippen molar-refractivity contribution >= 4 is 11.0 Å². The van der Waals surface area contributed by atoms with E-state index in [1.54, 1.807) is 49.6 Å². The molecule has 1 atom stereocenters. The summed E-state index contributed by atoms with van der Waals surface area (Å²) in [4.78, 5) is 12.7. The zero-order valence-corrected chi connectivity index (χ0v) is 13.9. The molecule has 2 N–H and O–H groups in total. The monoisotopic (exact) mass is 346 g/mol. The maximum absolute atomic E-state index is 12.7. The van der Waals surface area contributed by atoms with Crippen LogP contribution in [-0.2, 0) is 0 Å². The van der Waals surface area contributed by atoms with E-state index in [1.165, 1.54) is 0 Å². The molecular formula is C20H14N2O4. The average molecular weight is 346 g/mol. The molecule has 128 valence electrons. The third-order valence-electron chi connectivity index (χ3n) is 4.42. The number of benzene rings is 2. The summed E-state index contributed by atoms with van der Waals surface area (Å²) in [6.45, 7) is 0. The van der Waals surface area contributed by atoms with Gasteiger partial charge in [-0.05, 0) is 29.8 Å². The van der Waals surface area contributed by atoms with Gasteiger partial charge >= 0.3 is 5.63 Å². The molecule has 1 aliphatic heterocycles. The van der Waals surface area contributed by atoms with Crippen LogP contribution in [0.4, 0.5) is 0 Å². The van der Waals surface area contributed by atoms with Crippen molar-refractivity contribution in [3.8, 4) is 17.6 Å². The molecule has 0 aliphatic carbocycles. The lowest BCUT2D eigenvalue weighted by molar-refractivity contribution is 0.388. The predicted octanol–water partition coefficient (Wildman–Crippen LogP) is 3.02.